The zero-order valence-electron chi connectivity index (χ0n) is 10.8. The molecule has 0 aromatic heterocycles. The number of carbonyl (C=O) groups is 1. The van der Waals surface area contributed by atoms with E-state index in [0.717, 1.165) is 0 Å². The third-order valence-corrected chi connectivity index (χ3v) is 2.89. The fourth-order valence-electron chi connectivity index (χ4n) is 1.63. The van der Waals surface area contributed by atoms with E-state index < -0.39 is 18.3 Å². The van der Waals surface area contributed by atoms with Crippen molar-refractivity contribution in [2.45, 2.75) is 0 Å². The molecule has 0 unspecified atom stereocenters. The standard InChI is InChI=1S/C15H10ClFN2O2/c16-11-5-3-6-12(17)15(11)21-9-14(20)19-13-7-2-1-4-10(13)8-18/h1-7H,9H2,(H,19,20). The lowest BCUT2D eigenvalue weighted by Gasteiger charge is -2.10. The zero-order chi connectivity index (χ0) is 15.2. The highest BCUT2D eigenvalue weighted by Crippen LogP contribution is 2.27. The van der Waals surface area contributed by atoms with Crippen molar-refractivity contribution in [3.05, 3.63) is 58.9 Å². The van der Waals surface area contributed by atoms with Gasteiger partial charge in [-0.1, -0.05) is 29.8 Å². The number of para-hydroxylation sites is 2. The number of nitrogens with one attached hydrogen (secondary N) is 1. The molecule has 21 heavy (non-hydrogen) atoms. The third-order valence-electron chi connectivity index (χ3n) is 2.59. The van der Waals surface area contributed by atoms with Gasteiger partial charge in [-0.3, -0.25) is 4.79 Å². The molecule has 1 N–H and O–H groups in total. The number of anilines is 1. The molecule has 0 radical (unpaired) electrons. The van der Waals surface area contributed by atoms with Crippen LogP contribution in [-0.2, 0) is 4.79 Å². The van der Waals surface area contributed by atoms with Gasteiger partial charge in [-0.05, 0) is 24.3 Å². The number of benzene rings is 2. The molecule has 0 bridgehead atoms. The molecule has 2 rings (SSSR count). The number of carbonyl (C=O) groups excluding carboxylic acids is 1. The number of amides is 1. The number of halogens is 2. The van der Waals surface area contributed by atoms with Crippen molar-refractivity contribution in [2.75, 3.05) is 11.9 Å². The molecule has 0 aliphatic heterocycles. The lowest BCUT2D eigenvalue weighted by molar-refractivity contribution is -0.118. The van der Waals surface area contributed by atoms with Crippen molar-refractivity contribution < 1.29 is 13.9 Å². The van der Waals surface area contributed by atoms with Crippen molar-refractivity contribution in [2.24, 2.45) is 0 Å². The number of hydrogen-bond donors (Lipinski definition) is 1. The predicted octanol–water partition coefficient (Wildman–Crippen LogP) is 3.37. The Kier molecular flexibility index (Phi) is 4.75. The molecule has 0 saturated heterocycles. The van der Waals surface area contributed by atoms with Crippen molar-refractivity contribution in [3.63, 3.8) is 0 Å². The SMILES string of the molecule is N#Cc1ccccc1NC(=O)COc1c(F)cccc1Cl. The highest BCUT2D eigenvalue weighted by molar-refractivity contribution is 6.32. The minimum atomic E-state index is -0.646. The van der Waals surface area contributed by atoms with Crippen molar-refractivity contribution in [1.82, 2.24) is 0 Å². The molecule has 6 heteroatoms. The van der Waals surface area contributed by atoms with Gasteiger partial charge in [0.25, 0.3) is 5.91 Å². The predicted molar refractivity (Wildman–Crippen MR) is 76.7 cm³/mol. The van der Waals surface area contributed by atoms with Gasteiger partial charge in [-0.2, -0.15) is 5.26 Å². The summed E-state index contributed by atoms with van der Waals surface area (Å²) in [6, 6.07) is 12.6. The minimum absolute atomic E-state index is 0.0835. The second-order valence-electron chi connectivity index (χ2n) is 4.05. The Morgan fingerprint density at radius 3 is 2.76 bits per heavy atom. The normalized spacial score (nSPS) is 9.76. The van der Waals surface area contributed by atoms with Crippen LogP contribution in [0.5, 0.6) is 5.75 Å². The van der Waals surface area contributed by atoms with Gasteiger partial charge in [-0.15, -0.1) is 0 Å². The lowest BCUT2D eigenvalue weighted by atomic mass is 10.2. The number of ether oxygens (including phenoxy) is 1. The lowest BCUT2D eigenvalue weighted by Crippen LogP contribution is -2.21. The van der Waals surface area contributed by atoms with Gasteiger partial charge in [0.05, 0.1) is 16.3 Å². The fourth-order valence-corrected chi connectivity index (χ4v) is 1.85. The smallest absolute Gasteiger partial charge is 0.262 e. The molecule has 0 atom stereocenters. The fraction of sp³-hybridized carbons (Fsp3) is 0.0667. The van der Waals surface area contributed by atoms with Gasteiger partial charge in [0.2, 0.25) is 0 Å². The monoisotopic (exact) mass is 304 g/mol. The van der Waals surface area contributed by atoms with Gasteiger partial charge in [0.15, 0.2) is 18.2 Å². The molecule has 106 valence electrons. The summed E-state index contributed by atoms with van der Waals surface area (Å²) in [5.41, 5.74) is 0.697. The van der Waals surface area contributed by atoms with E-state index in [-0.39, 0.29) is 10.8 Å². The molecule has 0 saturated carbocycles. The van der Waals surface area contributed by atoms with Crippen LogP contribution in [0.4, 0.5) is 10.1 Å². The van der Waals surface area contributed by atoms with Gasteiger partial charge in [-0.25, -0.2) is 4.39 Å². The summed E-state index contributed by atoms with van der Waals surface area (Å²) in [5.74, 6) is -1.34. The van der Waals surface area contributed by atoms with Crippen LogP contribution in [0, 0.1) is 17.1 Å². The Morgan fingerprint density at radius 1 is 1.29 bits per heavy atom. The molecule has 0 fully saturated rings. The zero-order valence-corrected chi connectivity index (χ0v) is 11.5. The summed E-state index contributed by atoms with van der Waals surface area (Å²) in [4.78, 5) is 11.8. The van der Waals surface area contributed by atoms with E-state index in [2.05, 4.69) is 5.32 Å². The average Bonchev–Trinajstić information content (AvgIpc) is 2.47. The second-order valence-corrected chi connectivity index (χ2v) is 4.45. The van der Waals surface area contributed by atoms with Gasteiger partial charge >= 0.3 is 0 Å². The van der Waals surface area contributed by atoms with E-state index in [0.29, 0.717) is 11.3 Å². The van der Waals surface area contributed by atoms with Crippen LogP contribution >= 0.6 is 11.6 Å². The quantitative estimate of drug-likeness (QED) is 0.942. The van der Waals surface area contributed by atoms with Crippen LogP contribution in [0.3, 0.4) is 0 Å². The minimum Gasteiger partial charge on any atom is -0.479 e. The maximum Gasteiger partial charge on any atom is 0.262 e. The molecule has 0 spiro atoms. The molecule has 0 aliphatic rings. The Bertz CT molecular complexity index is 693. The van der Waals surface area contributed by atoms with Crippen molar-refractivity contribution in [3.8, 4) is 11.8 Å². The Morgan fingerprint density at radius 2 is 2.05 bits per heavy atom. The average molecular weight is 305 g/mol. The van der Waals surface area contributed by atoms with E-state index in [1.165, 1.54) is 18.2 Å². The molecular weight excluding hydrogens is 295 g/mol. The molecule has 2 aromatic rings. The second kappa shape index (κ2) is 6.73. The van der Waals surface area contributed by atoms with Crippen molar-refractivity contribution in [1.29, 1.82) is 5.26 Å². The van der Waals surface area contributed by atoms with E-state index in [4.69, 9.17) is 21.6 Å². The summed E-state index contributed by atoms with van der Waals surface area (Å²) in [5, 5.41) is 11.5. The maximum atomic E-state index is 13.5. The van der Waals surface area contributed by atoms with Crippen LogP contribution in [0.1, 0.15) is 5.56 Å². The van der Waals surface area contributed by atoms with Gasteiger partial charge < -0.3 is 10.1 Å². The number of rotatable bonds is 4. The Hall–Kier alpha value is -2.58. The molecule has 1 amide bonds. The summed E-state index contributed by atoms with van der Waals surface area (Å²) in [6.45, 7) is -0.416. The van der Waals surface area contributed by atoms with Crippen LogP contribution in [0.2, 0.25) is 5.02 Å². The number of hydrogen-bond acceptors (Lipinski definition) is 3. The molecular formula is C15H10ClFN2O2. The first-order valence-electron chi connectivity index (χ1n) is 5.97. The molecule has 2 aromatic carbocycles. The van der Waals surface area contributed by atoms with Gasteiger partial charge in [0.1, 0.15) is 6.07 Å². The molecule has 0 aliphatic carbocycles. The van der Waals surface area contributed by atoms with E-state index in [1.54, 1.807) is 24.3 Å². The first-order valence-corrected chi connectivity index (χ1v) is 6.35. The van der Waals surface area contributed by atoms with Gasteiger partial charge in [0, 0.05) is 0 Å². The van der Waals surface area contributed by atoms with Crippen LogP contribution in [0.15, 0.2) is 42.5 Å². The third kappa shape index (κ3) is 3.71. The van der Waals surface area contributed by atoms with Crippen molar-refractivity contribution >= 4 is 23.2 Å². The summed E-state index contributed by atoms with van der Waals surface area (Å²) in [7, 11) is 0. The first kappa shape index (κ1) is 14.8. The summed E-state index contributed by atoms with van der Waals surface area (Å²) < 4.78 is 18.5. The molecule has 0 heterocycles. The Balaban J connectivity index is 2.02. The molecule has 4 nitrogen and oxygen atoms in total. The van der Waals surface area contributed by atoms with E-state index in [9.17, 15) is 9.18 Å². The largest absolute Gasteiger partial charge is 0.479 e. The summed E-state index contributed by atoms with van der Waals surface area (Å²) >= 11 is 5.78. The highest BCUT2D eigenvalue weighted by atomic mass is 35.5. The topological polar surface area (TPSA) is 62.1 Å². The van der Waals surface area contributed by atoms with Crippen LogP contribution in [0.25, 0.3) is 0 Å². The Labute approximate surface area is 125 Å². The van der Waals surface area contributed by atoms with Crippen LogP contribution < -0.4 is 10.1 Å². The number of nitrogens with zero attached hydrogens (tertiary/aromatic N) is 1. The van der Waals surface area contributed by atoms with Crippen LogP contribution in [-0.4, -0.2) is 12.5 Å². The summed E-state index contributed by atoms with van der Waals surface area (Å²) in [6.07, 6.45) is 0. The van der Waals surface area contributed by atoms with E-state index in [1.807, 2.05) is 6.07 Å². The first-order chi connectivity index (χ1) is 10.1. The highest BCUT2D eigenvalue weighted by Gasteiger charge is 2.11. The maximum absolute atomic E-state index is 13.5. The van der Waals surface area contributed by atoms with E-state index >= 15 is 0 Å². The number of nitriles is 1.